The van der Waals surface area contributed by atoms with Crippen molar-refractivity contribution in [3.05, 3.63) is 58.6 Å². The number of halogens is 2. The SMILES string of the molecule is CCCCNCc1ccc(OCc2cccc(Cl)c2)c(OC)c1.Cl. The Balaban J connectivity index is 0.00000288. The van der Waals surface area contributed by atoms with Crippen LogP contribution in [0.4, 0.5) is 0 Å². The highest BCUT2D eigenvalue weighted by atomic mass is 35.5. The van der Waals surface area contributed by atoms with Crippen LogP contribution in [0.2, 0.25) is 5.02 Å². The predicted molar refractivity (Wildman–Crippen MR) is 103 cm³/mol. The number of rotatable bonds is 9. The first-order valence-corrected chi connectivity index (χ1v) is 8.35. The van der Waals surface area contributed by atoms with Gasteiger partial charge in [-0.2, -0.15) is 0 Å². The van der Waals surface area contributed by atoms with Gasteiger partial charge in [0.15, 0.2) is 11.5 Å². The van der Waals surface area contributed by atoms with Gasteiger partial charge in [0.05, 0.1) is 7.11 Å². The smallest absolute Gasteiger partial charge is 0.161 e. The average Bonchev–Trinajstić information content (AvgIpc) is 2.57. The molecule has 0 spiro atoms. The Hall–Kier alpha value is -1.42. The van der Waals surface area contributed by atoms with Crippen molar-refractivity contribution in [2.75, 3.05) is 13.7 Å². The summed E-state index contributed by atoms with van der Waals surface area (Å²) in [6.45, 7) is 4.53. The monoisotopic (exact) mass is 369 g/mol. The van der Waals surface area contributed by atoms with Gasteiger partial charge in [0.25, 0.3) is 0 Å². The number of unbranched alkanes of at least 4 members (excludes halogenated alkanes) is 1. The molecule has 0 radical (unpaired) electrons. The van der Waals surface area contributed by atoms with E-state index in [1.54, 1.807) is 7.11 Å². The maximum atomic E-state index is 5.99. The number of nitrogens with one attached hydrogen (secondary N) is 1. The summed E-state index contributed by atoms with van der Waals surface area (Å²) in [5.41, 5.74) is 2.22. The lowest BCUT2D eigenvalue weighted by atomic mass is 10.2. The summed E-state index contributed by atoms with van der Waals surface area (Å²) in [7, 11) is 1.66. The fourth-order valence-corrected chi connectivity index (χ4v) is 2.48. The second kappa shape index (κ2) is 11.2. The zero-order chi connectivity index (χ0) is 16.5. The first kappa shape index (κ1) is 20.6. The minimum Gasteiger partial charge on any atom is -0.493 e. The van der Waals surface area contributed by atoms with Crippen molar-refractivity contribution in [2.24, 2.45) is 0 Å². The zero-order valence-corrected chi connectivity index (χ0v) is 15.8. The van der Waals surface area contributed by atoms with E-state index in [0.717, 1.165) is 30.2 Å². The molecule has 0 bridgehead atoms. The molecule has 0 saturated carbocycles. The van der Waals surface area contributed by atoms with Crippen LogP contribution in [0.3, 0.4) is 0 Å². The average molecular weight is 370 g/mol. The highest BCUT2D eigenvalue weighted by Gasteiger charge is 2.06. The number of hydrogen-bond donors (Lipinski definition) is 1. The summed E-state index contributed by atoms with van der Waals surface area (Å²) in [6.07, 6.45) is 2.39. The van der Waals surface area contributed by atoms with E-state index in [1.165, 1.54) is 18.4 Å². The Morgan fingerprint density at radius 1 is 1.04 bits per heavy atom. The van der Waals surface area contributed by atoms with Crippen molar-refractivity contribution in [1.82, 2.24) is 5.32 Å². The molecule has 0 aliphatic rings. The molecule has 0 atom stereocenters. The van der Waals surface area contributed by atoms with E-state index in [4.69, 9.17) is 21.1 Å². The number of benzene rings is 2. The Bertz CT molecular complexity index is 620. The van der Waals surface area contributed by atoms with Crippen LogP contribution in [0.25, 0.3) is 0 Å². The molecular weight excluding hydrogens is 345 g/mol. The van der Waals surface area contributed by atoms with E-state index in [0.29, 0.717) is 11.6 Å². The van der Waals surface area contributed by atoms with E-state index in [2.05, 4.69) is 18.3 Å². The van der Waals surface area contributed by atoms with Crippen LogP contribution in [0, 0.1) is 0 Å². The fraction of sp³-hybridized carbons (Fsp3) is 0.368. The molecule has 0 fully saturated rings. The third-order valence-electron chi connectivity index (χ3n) is 3.55. The van der Waals surface area contributed by atoms with Gasteiger partial charge in [0.2, 0.25) is 0 Å². The highest BCUT2D eigenvalue weighted by Crippen LogP contribution is 2.29. The minimum atomic E-state index is 0. The molecule has 0 aliphatic heterocycles. The normalized spacial score (nSPS) is 10.1. The van der Waals surface area contributed by atoms with E-state index >= 15 is 0 Å². The molecule has 2 rings (SSSR count). The molecule has 3 nitrogen and oxygen atoms in total. The van der Waals surface area contributed by atoms with Gasteiger partial charge >= 0.3 is 0 Å². The van der Waals surface area contributed by atoms with Gasteiger partial charge in [-0.25, -0.2) is 0 Å². The maximum absolute atomic E-state index is 5.99. The van der Waals surface area contributed by atoms with Crippen LogP contribution in [0.5, 0.6) is 11.5 Å². The van der Waals surface area contributed by atoms with Crippen LogP contribution >= 0.6 is 24.0 Å². The molecule has 0 saturated heterocycles. The number of ether oxygens (including phenoxy) is 2. The first-order chi connectivity index (χ1) is 11.2. The Labute approximate surface area is 155 Å². The standard InChI is InChI=1S/C19H24ClNO2.ClH/c1-3-4-10-21-13-15-8-9-18(19(12-15)22-2)23-14-16-6-5-7-17(20)11-16;/h5-9,11-12,21H,3-4,10,13-14H2,1-2H3;1H. The highest BCUT2D eigenvalue weighted by molar-refractivity contribution is 6.30. The number of methoxy groups -OCH3 is 1. The Morgan fingerprint density at radius 2 is 1.88 bits per heavy atom. The molecule has 132 valence electrons. The Kier molecular flexibility index (Phi) is 9.62. The van der Waals surface area contributed by atoms with Gasteiger partial charge in [-0.05, 0) is 48.4 Å². The molecule has 0 aliphatic carbocycles. The molecule has 2 aromatic carbocycles. The third kappa shape index (κ3) is 6.60. The van der Waals surface area contributed by atoms with Crippen LogP contribution < -0.4 is 14.8 Å². The van der Waals surface area contributed by atoms with Crippen molar-refractivity contribution in [1.29, 1.82) is 0 Å². The van der Waals surface area contributed by atoms with Crippen LogP contribution in [0.1, 0.15) is 30.9 Å². The zero-order valence-electron chi connectivity index (χ0n) is 14.2. The summed E-state index contributed by atoms with van der Waals surface area (Å²) >= 11 is 5.99. The second-order valence-electron chi connectivity index (χ2n) is 5.43. The van der Waals surface area contributed by atoms with Gasteiger partial charge in [-0.3, -0.25) is 0 Å². The van der Waals surface area contributed by atoms with Gasteiger partial charge in [-0.15, -0.1) is 12.4 Å². The third-order valence-corrected chi connectivity index (χ3v) is 3.78. The van der Waals surface area contributed by atoms with Crippen molar-refractivity contribution >= 4 is 24.0 Å². The van der Waals surface area contributed by atoms with E-state index < -0.39 is 0 Å². The lowest BCUT2D eigenvalue weighted by molar-refractivity contribution is 0.284. The van der Waals surface area contributed by atoms with Crippen molar-refractivity contribution < 1.29 is 9.47 Å². The predicted octanol–water partition coefficient (Wildman–Crippen LogP) is 5.24. The molecule has 0 unspecified atom stereocenters. The van der Waals surface area contributed by atoms with Crippen molar-refractivity contribution in [3.63, 3.8) is 0 Å². The Morgan fingerprint density at radius 3 is 2.58 bits per heavy atom. The topological polar surface area (TPSA) is 30.5 Å². The summed E-state index contributed by atoms with van der Waals surface area (Å²) in [4.78, 5) is 0. The molecule has 24 heavy (non-hydrogen) atoms. The van der Waals surface area contributed by atoms with Gasteiger partial charge in [0, 0.05) is 11.6 Å². The van der Waals surface area contributed by atoms with Gasteiger partial charge < -0.3 is 14.8 Å². The van der Waals surface area contributed by atoms with Crippen molar-refractivity contribution in [3.8, 4) is 11.5 Å². The molecule has 2 aromatic rings. The summed E-state index contributed by atoms with van der Waals surface area (Å²) < 4.78 is 11.3. The lowest BCUT2D eigenvalue weighted by Gasteiger charge is -2.13. The fourth-order valence-electron chi connectivity index (χ4n) is 2.26. The molecule has 0 aromatic heterocycles. The van der Waals surface area contributed by atoms with Gasteiger partial charge in [0.1, 0.15) is 6.61 Å². The second-order valence-corrected chi connectivity index (χ2v) is 5.87. The molecule has 5 heteroatoms. The molecule has 1 N–H and O–H groups in total. The maximum Gasteiger partial charge on any atom is 0.161 e. The van der Waals surface area contributed by atoms with E-state index in [1.807, 2.05) is 36.4 Å². The molecule has 0 heterocycles. The van der Waals surface area contributed by atoms with Crippen LogP contribution in [0.15, 0.2) is 42.5 Å². The summed E-state index contributed by atoms with van der Waals surface area (Å²) in [5, 5.41) is 4.14. The van der Waals surface area contributed by atoms with E-state index in [9.17, 15) is 0 Å². The number of hydrogen-bond acceptors (Lipinski definition) is 3. The lowest BCUT2D eigenvalue weighted by Crippen LogP contribution is -2.14. The quantitative estimate of drug-likeness (QED) is 0.613. The minimum absolute atomic E-state index is 0. The van der Waals surface area contributed by atoms with E-state index in [-0.39, 0.29) is 12.4 Å². The summed E-state index contributed by atoms with van der Waals surface area (Å²) in [6, 6.07) is 13.7. The van der Waals surface area contributed by atoms with Crippen LogP contribution in [-0.2, 0) is 13.2 Å². The first-order valence-electron chi connectivity index (χ1n) is 7.97. The molecular formula is C19H25Cl2NO2. The molecule has 0 amide bonds. The largest absolute Gasteiger partial charge is 0.493 e. The van der Waals surface area contributed by atoms with Crippen LogP contribution in [-0.4, -0.2) is 13.7 Å². The summed E-state index contributed by atoms with van der Waals surface area (Å²) in [5.74, 6) is 1.49. The van der Waals surface area contributed by atoms with Crippen molar-refractivity contribution in [2.45, 2.75) is 32.9 Å². The van der Waals surface area contributed by atoms with Gasteiger partial charge in [-0.1, -0.05) is 43.1 Å².